The third-order valence-electron chi connectivity index (χ3n) is 3.27. The summed E-state index contributed by atoms with van der Waals surface area (Å²) in [6.45, 7) is 0.947. The summed E-state index contributed by atoms with van der Waals surface area (Å²) in [5.74, 6) is -0.858. The average Bonchev–Trinajstić information content (AvgIpc) is 2.41. The largest absolute Gasteiger partial charge is 0.369 e. The van der Waals surface area contributed by atoms with Crippen molar-refractivity contribution in [1.82, 2.24) is 4.90 Å². The van der Waals surface area contributed by atoms with Gasteiger partial charge in [-0.2, -0.15) is 0 Å². The highest BCUT2D eigenvalue weighted by Gasteiger charge is 2.28. The van der Waals surface area contributed by atoms with E-state index in [9.17, 15) is 9.59 Å². The SMILES string of the molecule is NC(=O)[C@@H]1CCCN(C(=O)c2cc(Cl)ccc2Cl)C1. The van der Waals surface area contributed by atoms with Gasteiger partial charge in [0.2, 0.25) is 5.91 Å². The lowest BCUT2D eigenvalue weighted by molar-refractivity contribution is -0.123. The Hall–Kier alpha value is -1.26. The van der Waals surface area contributed by atoms with Gasteiger partial charge in [-0.25, -0.2) is 0 Å². The number of piperidine rings is 1. The van der Waals surface area contributed by atoms with Gasteiger partial charge in [0.25, 0.3) is 5.91 Å². The first-order valence-electron chi connectivity index (χ1n) is 6.02. The second kappa shape index (κ2) is 5.80. The summed E-state index contributed by atoms with van der Waals surface area (Å²) in [6, 6.07) is 4.76. The van der Waals surface area contributed by atoms with E-state index in [0.29, 0.717) is 28.7 Å². The fourth-order valence-corrected chi connectivity index (χ4v) is 2.60. The summed E-state index contributed by atoms with van der Waals surface area (Å²) in [5, 5.41) is 0.812. The summed E-state index contributed by atoms with van der Waals surface area (Å²) < 4.78 is 0. The Bertz CT molecular complexity index is 519. The third-order valence-corrected chi connectivity index (χ3v) is 3.83. The van der Waals surface area contributed by atoms with Crippen molar-refractivity contribution in [3.05, 3.63) is 33.8 Å². The quantitative estimate of drug-likeness (QED) is 0.911. The van der Waals surface area contributed by atoms with E-state index in [1.165, 1.54) is 0 Å². The molecule has 1 aliphatic heterocycles. The van der Waals surface area contributed by atoms with Crippen molar-refractivity contribution in [3.8, 4) is 0 Å². The van der Waals surface area contributed by atoms with Crippen molar-refractivity contribution in [2.24, 2.45) is 11.7 Å². The average molecular weight is 301 g/mol. The van der Waals surface area contributed by atoms with Crippen LogP contribution in [-0.2, 0) is 4.79 Å². The lowest BCUT2D eigenvalue weighted by atomic mass is 9.97. The minimum Gasteiger partial charge on any atom is -0.369 e. The normalized spacial score (nSPS) is 19.3. The summed E-state index contributed by atoms with van der Waals surface area (Å²) in [7, 11) is 0. The number of nitrogens with zero attached hydrogens (tertiary/aromatic N) is 1. The summed E-state index contributed by atoms with van der Waals surface area (Å²) in [6.07, 6.45) is 1.49. The molecular weight excluding hydrogens is 287 g/mol. The smallest absolute Gasteiger partial charge is 0.255 e. The molecule has 0 radical (unpaired) electrons. The molecule has 2 N–H and O–H groups in total. The van der Waals surface area contributed by atoms with E-state index < -0.39 is 0 Å². The van der Waals surface area contributed by atoms with Crippen molar-refractivity contribution < 1.29 is 9.59 Å². The molecule has 6 heteroatoms. The molecular formula is C13H14Cl2N2O2. The lowest BCUT2D eigenvalue weighted by Gasteiger charge is -2.31. The summed E-state index contributed by atoms with van der Waals surface area (Å²) in [5.41, 5.74) is 5.66. The van der Waals surface area contributed by atoms with Gasteiger partial charge in [-0.1, -0.05) is 23.2 Å². The molecule has 19 heavy (non-hydrogen) atoms. The molecule has 1 fully saturated rings. The van der Waals surface area contributed by atoms with Gasteiger partial charge in [0, 0.05) is 18.1 Å². The molecule has 1 heterocycles. The lowest BCUT2D eigenvalue weighted by Crippen LogP contribution is -2.44. The Kier molecular flexibility index (Phi) is 4.32. The maximum Gasteiger partial charge on any atom is 0.255 e. The molecule has 1 saturated heterocycles. The van der Waals surface area contributed by atoms with Crippen LogP contribution >= 0.6 is 23.2 Å². The van der Waals surface area contributed by atoms with Gasteiger partial charge in [-0.15, -0.1) is 0 Å². The van der Waals surface area contributed by atoms with Gasteiger partial charge in [0.1, 0.15) is 0 Å². The monoisotopic (exact) mass is 300 g/mol. The highest BCUT2D eigenvalue weighted by atomic mass is 35.5. The molecule has 0 bridgehead atoms. The first-order valence-corrected chi connectivity index (χ1v) is 6.78. The van der Waals surface area contributed by atoms with E-state index in [1.807, 2.05) is 0 Å². The van der Waals surface area contributed by atoms with E-state index in [2.05, 4.69) is 0 Å². The molecule has 2 rings (SSSR count). The zero-order valence-electron chi connectivity index (χ0n) is 10.2. The van der Waals surface area contributed by atoms with Crippen molar-refractivity contribution >= 4 is 35.0 Å². The molecule has 0 spiro atoms. The zero-order valence-corrected chi connectivity index (χ0v) is 11.7. The first-order chi connectivity index (χ1) is 8.99. The van der Waals surface area contributed by atoms with E-state index in [-0.39, 0.29) is 17.7 Å². The fourth-order valence-electron chi connectivity index (χ4n) is 2.23. The highest BCUT2D eigenvalue weighted by molar-refractivity contribution is 6.35. The Labute approximate surface area is 121 Å². The van der Waals surface area contributed by atoms with E-state index >= 15 is 0 Å². The second-order valence-corrected chi connectivity index (χ2v) is 5.46. The highest BCUT2D eigenvalue weighted by Crippen LogP contribution is 2.24. The molecule has 1 aliphatic rings. The van der Waals surface area contributed by atoms with Crippen LogP contribution in [0.3, 0.4) is 0 Å². The molecule has 0 aromatic heterocycles. The molecule has 1 aromatic carbocycles. The van der Waals surface area contributed by atoms with Crippen LogP contribution in [0.15, 0.2) is 18.2 Å². The summed E-state index contributed by atoms with van der Waals surface area (Å²) >= 11 is 11.9. The first kappa shape index (κ1) is 14.2. The standard InChI is InChI=1S/C13H14Cl2N2O2/c14-9-3-4-11(15)10(6-9)13(19)17-5-1-2-8(7-17)12(16)18/h3-4,6,8H,1-2,5,7H2,(H2,16,18)/t8-/m1/s1. The van der Waals surface area contributed by atoms with Crippen LogP contribution in [0.1, 0.15) is 23.2 Å². The fraction of sp³-hybridized carbons (Fsp3) is 0.385. The number of rotatable bonds is 2. The van der Waals surface area contributed by atoms with Crippen LogP contribution in [0, 0.1) is 5.92 Å². The Morgan fingerprint density at radius 3 is 2.74 bits per heavy atom. The van der Waals surface area contributed by atoms with Crippen LogP contribution in [0.25, 0.3) is 0 Å². The van der Waals surface area contributed by atoms with Crippen LogP contribution in [0.5, 0.6) is 0 Å². The maximum absolute atomic E-state index is 12.4. The molecule has 1 aromatic rings. The molecule has 1 atom stereocenters. The van der Waals surface area contributed by atoms with Crippen molar-refractivity contribution in [1.29, 1.82) is 0 Å². The van der Waals surface area contributed by atoms with Gasteiger partial charge >= 0.3 is 0 Å². The number of hydrogen-bond donors (Lipinski definition) is 1. The number of hydrogen-bond acceptors (Lipinski definition) is 2. The van der Waals surface area contributed by atoms with E-state index in [4.69, 9.17) is 28.9 Å². The van der Waals surface area contributed by atoms with Crippen LogP contribution in [-0.4, -0.2) is 29.8 Å². The minimum atomic E-state index is -0.366. The van der Waals surface area contributed by atoms with Crippen LogP contribution in [0.2, 0.25) is 10.0 Å². The van der Waals surface area contributed by atoms with Crippen molar-refractivity contribution in [2.75, 3.05) is 13.1 Å². The second-order valence-electron chi connectivity index (χ2n) is 4.62. The van der Waals surface area contributed by atoms with E-state index in [0.717, 1.165) is 12.8 Å². The Morgan fingerprint density at radius 2 is 2.05 bits per heavy atom. The third kappa shape index (κ3) is 3.19. The van der Waals surface area contributed by atoms with Crippen molar-refractivity contribution in [3.63, 3.8) is 0 Å². The number of primary amides is 1. The maximum atomic E-state index is 12.4. The van der Waals surface area contributed by atoms with Gasteiger partial charge in [-0.05, 0) is 31.0 Å². The topological polar surface area (TPSA) is 63.4 Å². The number of likely N-dealkylation sites (tertiary alicyclic amines) is 1. The van der Waals surface area contributed by atoms with Gasteiger partial charge in [0.15, 0.2) is 0 Å². The number of carbonyl (C=O) groups excluding carboxylic acids is 2. The molecule has 2 amide bonds. The predicted octanol–water partition coefficient (Wildman–Crippen LogP) is 2.33. The van der Waals surface area contributed by atoms with E-state index in [1.54, 1.807) is 23.1 Å². The van der Waals surface area contributed by atoms with Crippen LogP contribution in [0.4, 0.5) is 0 Å². The predicted molar refractivity (Wildman–Crippen MR) is 74.3 cm³/mol. The molecule has 4 nitrogen and oxygen atoms in total. The number of amides is 2. The zero-order chi connectivity index (χ0) is 14.0. The number of halogens is 2. The van der Waals surface area contributed by atoms with Crippen molar-refractivity contribution in [2.45, 2.75) is 12.8 Å². The Morgan fingerprint density at radius 1 is 1.32 bits per heavy atom. The van der Waals surface area contributed by atoms with Gasteiger partial charge in [0.05, 0.1) is 16.5 Å². The minimum absolute atomic E-state index is 0.210. The van der Waals surface area contributed by atoms with Gasteiger partial charge in [-0.3, -0.25) is 9.59 Å². The number of nitrogens with two attached hydrogens (primary N) is 1. The number of benzene rings is 1. The Balaban J connectivity index is 2.19. The molecule has 0 saturated carbocycles. The molecule has 102 valence electrons. The summed E-state index contributed by atoms with van der Waals surface area (Å²) in [4.78, 5) is 25.2. The van der Waals surface area contributed by atoms with Gasteiger partial charge < -0.3 is 10.6 Å². The number of carbonyl (C=O) groups is 2. The van der Waals surface area contributed by atoms with Crippen LogP contribution < -0.4 is 5.73 Å². The molecule has 0 aliphatic carbocycles. The molecule has 0 unspecified atom stereocenters.